The Labute approximate surface area is 157 Å². The fraction of sp³-hybridized carbons (Fsp3) is 0.500. The van der Waals surface area contributed by atoms with E-state index in [1.54, 1.807) is 0 Å². The topological polar surface area (TPSA) is 33.1 Å². The van der Waals surface area contributed by atoms with E-state index in [1.165, 1.54) is 34.6 Å². The highest BCUT2D eigenvalue weighted by Crippen LogP contribution is 2.31. The molecule has 0 fully saturated rings. The third-order valence-electron chi connectivity index (χ3n) is 4.98. The molecule has 0 saturated heterocycles. The fourth-order valence-electron chi connectivity index (χ4n) is 3.71. The van der Waals surface area contributed by atoms with Crippen molar-refractivity contribution in [3.05, 3.63) is 41.7 Å². The smallest absolute Gasteiger partial charge is 0.0707 e. The van der Waals surface area contributed by atoms with Crippen LogP contribution in [0.3, 0.4) is 0 Å². The highest BCUT2D eigenvalue weighted by molar-refractivity contribution is 6.08. The molecule has 0 aliphatic heterocycles. The zero-order chi connectivity index (χ0) is 18.5. The highest BCUT2D eigenvalue weighted by atomic mass is 15.1. The maximum atomic E-state index is 4.90. The predicted molar refractivity (Wildman–Crippen MR) is 112 cm³/mol. The number of unbranched alkanes of at least 4 members (excludes halogenated alkanes) is 1. The van der Waals surface area contributed by atoms with E-state index < -0.39 is 0 Å². The Bertz CT molecular complexity index is 863. The molecule has 0 spiro atoms. The monoisotopic (exact) mass is 352 g/mol. The Hall–Kier alpha value is -1.91. The van der Waals surface area contributed by atoms with Crippen LogP contribution in [0.25, 0.3) is 21.8 Å². The zero-order valence-electron chi connectivity index (χ0n) is 16.7. The van der Waals surface area contributed by atoms with Crippen molar-refractivity contribution < 1.29 is 0 Å². The molecule has 0 atom stereocenters. The van der Waals surface area contributed by atoms with Gasteiger partial charge in [0.25, 0.3) is 0 Å². The minimum Gasteiger partial charge on any atom is -0.339 e. The average Bonchev–Trinajstić information content (AvgIpc) is 2.94. The Morgan fingerprint density at radius 3 is 2.69 bits per heavy atom. The number of nitrogens with zero attached hydrogens (tertiary/aromatic N) is 3. The second-order valence-corrected chi connectivity index (χ2v) is 7.45. The molecule has 0 amide bonds. The Balaban J connectivity index is 1.89. The Kier molecular flexibility index (Phi) is 6.28. The van der Waals surface area contributed by atoms with Crippen molar-refractivity contribution in [2.24, 2.45) is 0 Å². The van der Waals surface area contributed by atoms with Crippen LogP contribution in [0, 0.1) is 6.92 Å². The summed E-state index contributed by atoms with van der Waals surface area (Å²) in [4.78, 5) is 7.13. The van der Waals surface area contributed by atoms with Gasteiger partial charge in [-0.15, -0.1) is 0 Å². The van der Waals surface area contributed by atoms with Crippen LogP contribution in [-0.2, 0) is 13.1 Å². The van der Waals surface area contributed by atoms with Crippen LogP contribution in [0.15, 0.2) is 30.3 Å². The molecule has 0 radical (unpaired) electrons. The van der Waals surface area contributed by atoms with E-state index in [4.69, 9.17) is 4.98 Å². The molecule has 0 saturated carbocycles. The first-order valence-electron chi connectivity index (χ1n) is 9.84. The number of benzene rings is 1. The lowest BCUT2D eigenvalue weighted by atomic mass is 10.1. The number of fused-ring (bicyclic) bond motifs is 3. The van der Waals surface area contributed by atoms with Crippen LogP contribution in [0.4, 0.5) is 0 Å². The molecule has 2 heterocycles. The molecular formula is C22H32N4. The van der Waals surface area contributed by atoms with Crippen molar-refractivity contribution in [1.29, 1.82) is 0 Å². The van der Waals surface area contributed by atoms with Crippen molar-refractivity contribution in [3.63, 3.8) is 0 Å². The van der Waals surface area contributed by atoms with Gasteiger partial charge >= 0.3 is 0 Å². The van der Waals surface area contributed by atoms with E-state index >= 15 is 0 Å². The molecule has 3 rings (SSSR count). The van der Waals surface area contributed by atoms with Crippen LogP contribution in [0.5, 0.6) is 0 Å². The molecule has 2 aromatic heterocycles. The molecule has 4 nitrogen and oxygen atoms in total. The molecule has 26 heavy (non-hydrogen) atoms. The summed E-state index contributed by atoms with van der Waals surface area (Å²) >= 11 is 0. The van der Waals surface area contributed by atoms with Crippen LogP contribution in [0.1, 0.15) is 37.6 Å². The minimum absolute atomic E-state index is 0.832. The Morgan fingerprint density at radius 2 is 1.92 bits per heavy atom. The van der Waals surface area contributed by atoms with Crippen LogP contribution in [-0.4, -0.2) is 41.6 Å². The van der Waals surface area contributed by atoms with Crippen molar-refractivity contribution in [3.8, 4) is 0 Å². The van der Waals surface area contributed by atoms with E-state index in [2.05, 4.69) is 73.1 Å². The van der Waals surface area contributed by atoms with Crippen molar-refractivity contribution in [1.82, 2.24) is 19.8 Å². The van der Waals surface area contributed by atoms with Crippen molar-refractivity contribution in [2.45, 2.75) is 46.2 Å². The van der Waals surface area contributed by atoms with Gasteiger partial charge in [-0.3, -0.25) is 4.98 Å². The molecule has 1 N–H and O–H groups in total. The lowest BCUT2D eigenvalue weighted by molar-refractivity contribution is 0.394. The minimum atomic E-state index is 0.832. The van der Waals surface area contributed by atoms with Crippen LogP contribution in [0.2, 0.25) is 0 Å². The first-order valence-corrected chi connectivity index (χ1v) is 9.84. The summed E-state index contributed by atoms with van der Waals surface area (Å²) in [5, 5.41) is 6.23. The summed E-state index contributed by atoms with van der Waals surface area (Å²) in [6, 6.07) is 11.0. The summed E-state index contributed by atoms with van der Waals surface area (Å²) < 4.78 is 2.46. The predicted octanol–water partition coefficient (Wildman–Crippen LogP) is 4.34. The molecule has 0 aliphatic carbocycles. The largest absolute Gasteiger partial charge is 0.339 e. The molecule has 0 aliphatic rings. The van der Waals surface area contributed by atoms with Gasteiger partial charge in [0.1, 0.15) is 0 Å². The highest BCUT2D eigenvalue weighted by Gasteiger charge is 2.14. The number of rotatable bonds is 9. The van der Waals surface area contributed by atoms with E-state index in [0.717, 1.165) is 44.0 Å². The average molecular weight is 353 g/mol. The SMILES string of the molecule is CCCCn1c2ccccc2c2cc(CNCCCN(C)C)nc(C)c21. The summed E-state index contributed by atoms with van der Waals surface area (Å²) in [5.74, 6) is 0. The van der Waals surface area contributed by atoms with Gasteiger partial charge in [-0.1, -0.05) is 31.5 Å². The third kappa shape index (κ3) is 4.08. The summed E-state index contributed by atoms with van der Waals surface area (Å²) in [7, 11) is 4.24. The van der Waals surface area contributed by atoms with Gasteiger partial charge in [0.05, 0.1) is 16.9 Å². The van der Waals surface area contributed by atoms with Gasteiger partial charge in [-0.25, -0.2) is 0 Å². The zero-order valence-corrected chi connectivity index (χ0v) is 16.7. The van der Waals surface area contributed by atoms with Gasteiger partial charge in [0.15, 0.2) is 0 Å². The number of aryl methyl sites for hydroxylation is 2. The van der Waals surface area contributed by atoms with Crippen LogP contribution >= 0.6 is 0 Å². The van der Waals surface area contributed by atoms with Gasteiger partial charge in [-0.05, 0) is 59.1 Å². The van der Waals surface area contributed by atoms with Crippen LogP contribution < -0.4 is 5.32 Å². The first kappa shape index (κ1) is 18.9. The number of hydrogen-bond donors (Lipinski definition) is 1. The van der Waals surface area contributed by atoms with Gasteiger partial charge < -0.3 is 14.8 Å². The van der Waals surface area contributed by atoms with Crippen molar-refractivity contribution in [2.75, 3.05) is 27.2 Å². The number of aromatic nitrogens is 2. The lowest BCUT2D eigenvalue weighted by Gasteiger charge is -2.11. The maximum absolute atomic E-state index is 4.90. The lowest BCUT2D eigenvalue weighted by Crippen LogP contribution is -2.21. The summed E-state index contributed by atoms with van der Waals surface area (Å²) in [6.07, 6.45) is 3.56. The fourth-order valence-corrected chi connectivity index (χ4v) is 3.71. The maximum Gasteiger partial charge on any atom is 0.0707 e. The van der Waals surface area contributed by atoms with E-state index in [9.17, 15) is 0 Å². The summed E-state index contributed by atoms with van der Waals surface area (Å²) in [6.45, 7) is 8.43. The second kappa shape index (κ2) is 8.65. The molecule has 4 heteroatoms. The summed E-state index contributed by atoms with van der Waals surface area (Å²) in [5.41, 5.74) is 4.91. The quantitative estimate of drug-likeness (QED) is 0.582. The number of para-hydroxylation sites is 1. The molecule has 3 aromatic rings. The molecular weight excluding hydrogens is 320 g/mol. The second-order valence-electron chi connectivity index (χ2n) is 7.45. The molecule has 0 bridgehead atoms. The van der Waals surface area contributed by atoms with Gasteiger partial charge in [0, 0.05) is 29.4 Å². The van der Waals surface area contributed by atoms with Crippen molar-refractivity contribution >= 4 is 21.8 Å². The van der Waals surface area contributed by atoms with Gasteiger partial charge in [0.2, 0.25) is 0 Å². The van der Waals surface area contributed by atoms with E-state index in [-0.39, 0.29) is 0 Å². The molecule has 140 valence electrons. The normalized spacial score (nSPS) is 11.9. The van der Waals surface area contributed by atoms with E-state index in [0.29, 0.717) is 0 Å². The number of nitrogens with one attached hydrogen (secondary N) is 1. The van der Waals surface area contributed by atoms with E-state index in [1.807, 2.05) is 0 Å². The third-order valence-corrected chi connectivity index (χ3v) is 4.98. The van der Waals surface area contributed by atoms with Gasteiger partial charge in [-0.2, -0.15) is 0 Å². The number of hydrogen-bond acceptors (Lipinski definition) is 3. The standard InChI is InChI=1S/C22H32N4/c1-5-6-14-26-21-11-8-7-10-19(21)20-15-18(24-17(2)22(20)26)16-23-12-9-13-25(3)4/h7-8,10-11,15,23H,5-6,9,12-14,16H2,1-4H3. The first-order chi connectivity index (χ1) is 12.6. The Morgan fingerprint density at radius 1 is 1.12 bits per heavy atom. The number of pyridine rings is 1. The molecule has 0 unspecified atom stereocenters. The molecule has 1 aromatic carbocycles.